The van der Waals surface area contributed by atoms with E-state index in [1.54, 1.807) is 12.1 Å². The molecule has 3 nitrogen and oxygen atoms in total. The maximum atomic E-state index is 11.9. The van der Waals surface area contributed by atoms with Gasteiger partial charge >= 0.3 is 0 Å². The molecule has 1 aliphatic carbocycles. The first-order valence-corrected chi connectivity index (χ1v) is 7.29. The standard InChI is InChI=1S/C14H19BrN2O/c15-11-5-6-12(13(16)9-11)14(18)17-8-7-10-3-1-2-4-10/h5-6,9-10H,1-4,7-8,16H2,(H,17,18). The van der Waals surface area contributed by atoms with Gasteiger partial charge in [0.15, 0.2) is 0 Å². The van der Waals surface area contributed by atoms with Gasteiger partial charge in [0.2, 0.25) is 0 Å². The zero-order valence-corrected chi connectivity index (χ0v) is 12.0. The zero-order chi connectivity index (χ0) is 13.0. The van der Waals surface area contributed by atoms with E-state index in [-0.39, 0.29) is 5.91 Å². The number of nitrogens with one attached hydrogen (secondary N) is 1. The van der Waals surface area contributed by atoms with Crippen molar-refractivity contribution in [3.63, 3.8) is 0 Å². The number of nitrogen functional groups attached to an aromatic ring is 1. The summed E-state index contributed by atoms with van der Waals surface area (Å²) < 4.78 is 0.891. The lowest BCUT2D eigenvalue weighted by atomic mass is 10.0. The Kier molecular flexibility index (Phi) is 4.64. The summed E-state index contributed by atoms with van der Waals surface area (Å²) >= 11 is 3.33. The number of hydrogen-bond donors (Lipinski definition) is 2. The van der Waals surface area contributed by atoms with Crippen molar-refractivity contribution in [2.45, 2.75) is 32.1 Å². The number of amides is 1. The molecule has 0 saturated heterocycles. The number of hydrogen-bond acceptors (Lipinski definition) is 2. The first-order valence-electron chi connectivity index (χ1n) is 6.50. The topological polar surface area (TPSA) is 55.1 Å². The Morgan fingerprint density at radius 1 is 1.39 bits per heavy atom. The Balaban J connectivity index is 1.83. The van der Waals surface area contributed by atoms with E-state index >= 15 is 0 Å². The number of benzene rings is 1. The van der Waals surface area contributed by atoms with Crippen LogP contribution in [0.2, 0.25) is 0 Å². The molecule has 0 atom stereocenters. The van der Waals surface area contributed by atoms with Crippen molar-refractivity contribution in [1.82, 2.24) is 5.32 Å². The van der Waals surface area contributed by atoms with Crippen molar-refractivity contribution in [3.8, 4) is 0 Å². The quantitative estimate of drug-likeness (QED) is 0.838. The van der Waals surface area contributed by atoms with Gasteiger partial charge in [-0.2, -0.15) is 0 Å². The third kappa shape index (κ3) is 3.48. The molecule has 0 radical (unpaired) electrons. The third-order valence-corrected chi connectivity index (χ3v) is 4.06. The zero-order valence-electron chi connectivity index (χ0n) is 10.4. The molecule has 0 heterocycles. The monoisotopic (exact) mass is 310 g/mol. The number of rotatable bonds is 4. The third-order valence-electron chi connectivity index (χ3n) is 3.57. The molecule has 18 heavy (non-hydrogen) atoms. The fourth-order valence-electron chi connectivity index (χ4n) is 2.52. The van der Waals surface area contributed by atoms with E-state index in [0.717, 1.165) is 23.4 Å². The molecule has 0 unspecified atom stereocenters. The van der Waals surface area contributed by atoms with Gasteiger partial charge in [-0.05, 0) is 30.5 Å². The Morgan fingerprint density at radius 3 is 2.78 bits per heavy atom. The largest absolute Gasteiger partial charge is 0.398 e. The van der Waals surface area contributed by atoms with Crippen LogP contribution in [-0.4, -0.2) is 12.5 Å². The number of anilines is 1. The average molecular weight is 311 g/mol. The maximum Gasteiger partial charge on any atom is 0.253 e. The van der Waals surface area contributed by atoms with Crippen LogP contribution < -0.4 is 11.1 Å². The van der Waals surface area contributed by atoms with Gasteiger partial charge in [0.05, 0.1) is 5.56 Å². The molecule has 0 aliphatic heterocycles. The minimum atomic E-state index is -0.0713. The van der Waals surface area contributed by atoms with E-state index in [2.05, 4.69) is 21.2 Å². The number of carbonyl (C=O) groups excluding carboxylic acids is 1. The second-order valence-corrected chi connectivity index (χ2v) is 5.84. The second-order valence-electron chi connectivity index (χ2n) is 4.93. The highest BCUT2D eigenvalue weighted by atomic mass is 79.9. The molecule has 1 amide bonds. The normalized spacial score (nSPS) is 15.8. The summed E-state index contributed by atoms with van der Waals surface area (Å²) in [4.78, 5) is 11.9. The molecule has 3 N–H and O–H groups in total. The molecule has 0 bridgehead atoms. The molecule has 1 aliphatic rings. The number of nitrogens with two attached hydrogens (primary N) is 1. The van der Waals surface area contributed by atoms with E-state index in [4.69, 9.17) is 5.73 Å². The molecule has 98 valence electrons. The van der Waals surface area contributed by atoms with Crippen LogP contribution in [0.25, 0.3) is 0 Å². The van der Waals surface area contributed by atoms with Crippen LogP contribution in [0, 0.1) is 5.92 Å². The average Bonchev–Trinajstić information content (AvgIpc) is 2.81. The summed E-state index contributed by atoms with van der Waals surface area (Å²) in [5.41, 5.74) is 6.90. The Morgan fingerprint density at radius 2 is 2.11 bits per heavy atom. The smallest absolute Gasteiger partial charge is 0.253 e. The van der Waals surface area contributed by atoms with Crippen molar-refractivity contribution >= 4 is 27.5 Å². The lowest BCUT2D eigenvalue weighted by Gasteiger charge is -2.11. The van der Waals surface area contributed by atoms with Crippen LogP contribution in [-0.2, 0) is 0 Å². The van der Waals surface area contributed by atoms with E-state index in [1.165, 1.54) is 25.7 Å². The molecule has 1 aromatic rings. The summed E-state index contributed by atoms with van der Waals surface area (Å²) in [5, 5.41) is 2.95. The van der Waals surface area contributed by atoms with Crippen LogP contribution in [0.3, 0.4) is 0 Å². The molecule has 1 saturated carbocycles. The lowest BCUT2D eigenvalue weighted by molar-refractivity contribution is 0.0952. The molecule has 4 heteroatoms. The van der Waals surface area contributed by atoms with Crippen molar-refractivity contribution < 1.29 is 4.79 Å². The molecular formula is C14H19BrN2O. The molecule has 1 fully saturated rings. The highest BCUT2D eigenvalue weighted by Crippen LogP contribution is 2.27. The van der Waals surface area contributed by atoms with Crippen LogP contribution in [0.4, 0.5) is 5.69 Å². The lowest BCUT2D eigenvalue weighted by Crippen LogP contribution is -2.26. The van der Waals surface area contributed by atoms with Crippen molar-refractivity contribution in [3.05, 3.63) is 28.2 Å². The van der Waals surface area contributed by atoms with E-state index in [0.29, 0.717) is 11.3 Å². The van der Waals surface area contributed by atoms with Crippen LogP contribution in [0.1, 0.15) is 42.5 Å². The Hall–Kier alpha value is -1.03. The van der Waals surface area contributed by atoms with Crippen LogP contribution in [0.15, 0.2) is 22.7 Å². The van der Waals surface area contributed by atoms with Crippen LogP contribution in [0.5, 0.6) is 0 Å². The minimum Gasteiger partial charge on any atom is -0.398 e. The van der Waals surface area contributed by atoms with Gasteiger partial charge in [-0.1, -0.05) is 41.6 Å². The van der Waals surface area contributed by atoms with Gasteiger partial charge in [-0.3, -0.25) is 4.79 Å². The van der Waals surface area contributed by atoms with Gasteiger partial charge in [-0.15, -0.1) is 0 Å². The molecule has 2 rings (SSSR count). The van der Waals surface area contributed by atoms with Gasteiger partial charge in [0, 0.05) is 16.7 Å². The molecule has 0 aromatic heterocycles. The number of carbonyl (C=O) groups is 1. The van der Waals surface area contributed by atoms with Gasteiger partial charge in [-0.25, -0.2) is 0 Å². The highest BCUT2D eigenvalue weighted by molar-refractivity contribution is 9.10. The predicted molar refractivity (Wildman–Crippen MR) is 77.5 cm³/mol. The fourth-order valence-corrected chi connectivity index (χ4v) is 2.90. The SMILES string of the molecule is Nc1cc(Br)ccc1C(=O)NCCC1CCCC1. The second kappa shape index (κ2) is 6.23. The summed E-state index contributed by atoms with van der Waals surface area (Å²) in [6, 6.07) is 5.35. The fraction of sp³-hybridized carbons (Fsp3) is 0.500. The van der Waals surface area contributed by atoms with Gasteiger partial charge in [0.1, 0.15) is 0 Å². The summed E-state index contributed by atoms with van der Waals surface area (Å²) in [5.74, 6) is 0.727. The summed E-state index contributed by atoms with van der Waals surface area (Å²) in [6.45, 7) is 0.749. The van der Waals surface area contributed by atoms with Crippen LogP contribution >= 0.6 is 15.9 Å². The summed E-state index contributed by atoms with van der Waals surface area (Å²) in [7, 11) is 0. The Labute approximate surface area is 116 Å². The first kappa shape index (κ1) is 13.4. The molecular weight excluding hydrogens is 292 g/mol. The minimum absolute atomic E-state index is 0.0713. The Bertz CT molecular complexity index is 428. The van der Waals surface area contributed by atoms with Gasteiger partial charge < -0.3 is 11.1 Å². The summed E-state index contributed by atoms with van der Waals surface area (Å²) in [6.07, 6.45) is 6.41. The van der Waals surface area contributed by atoms with E-state index in [1.807, 2.05) is 6.07 Å². The van der Waals surface area contributed by atoms with Gasteiger partial charge in [0.25, 0.3) is 5.91 Å². The highest BCUT2D eigenvalue weighted by Gasteiger charge is 2.15. The van der Waals surface area contributed by atoms with E-state index < -0.39 is 0 Å². The maximum absolute atomic E-state index is 11.9. The first-order chi connectivity index (χ1) is 8.66. The van der Waals surface area contributed by atoms with Crippen molar-refractivity contribution in [1.29, 1.82) is 0 Å². The predicted octanol–water partition coefficient (Wildman–Crippen LogP) is 3.34. The number of halogens is 1. The van der Waals surface area contributed by atoms with E-state index in [9.17, 15) is 4.79 Å². The molecule has 1 aromatic carbocycles. The van der Waals surface area contributed by atoms with Crippen molar-refractivity contribution in [2.75, 3.05) is 12.3 Å². The van der Waals surface area contributed by atoms with Crippen molar-refractivity contribution in [2.24, 2.45) is 5.92 Å². The molecule has 0 spiro atoms.